The number of hydrogen-bond acceptors (Lipinski definition) is 4. The summed E-state index contributed by atoms with van der Waals surface area (Å²) in [6.07, 6.45) is 4.20. The standard InChI is InChI=1S/C20H28N4O2.ClH/c1-5-26-17-13-20(21,19(17,3)4)18(25)23-14(2)15-7-9-16(10-8-15)24-12-6-11-22-24;/h6-12,14,17H,5,13,21H2,1-4H3,(H,23,25);1H. The number of carbonyl (C=O) groups excluding carboxylic acids is 1. The van der Waals surface area contributed by atoms with Gasteiger partial charge in [0.2, 0.25) is 5.91 Å². The third kappa shape index (κ3) is 3.74. The van der Waals surface area contributed by atoms with Crippen molar-refractivity contribution in [3.8, 4) is 5.69 Å². The first-order valence-corrected chi connectivity index (χ1v) is 9.11. The van der Waals surface area contributed by atoms with Gasteiger partial charge in [0.15, 0.2) is 0 Å². The Kier molecular flexibility index (Phi) is 6.35. The van der Waals surface area contributed by atoms with Crippen molar-refractivity contribution in [2.24, 2.45) is 11.1 Å². The number of hydrogen-bond donors (Lipinski definition) is 2. The van der Waals surface area contributed by atoms with Crippen molar-refractivity contribution in [3.05, 3.63) is 48.3 Å². The second kappa shape index (κ2) is 8.00. The zero-order chi connectivity index (χ0) is 18.9. The van der Waals surface area contributed by atoms with Gasteiger partial charge in [0.25, 0.3) is 0 Å². The van der Waals surface area contributed by atoms with E-state index in [1.807, 2.05) is 64.2 Å². The maximum atomic E-state index is 12.8. The average molecular weight is 393 g/mol. The fourth-order valence-corrected chi connectivity index (χ4v) is 3.57. The van der Waals surface area contributed by atoms with Crippen molar-refractivity contribution in [2.75, 3.05) is 6.61 Å². The molecule has 1 aromatic heterocycles. The van der Waals surface area contributed by atoms with Crippen LogP contribution in [0, 0.1) is 5.41 Å². The molecule has 1 aliphatic carbocycles. The minimum atomic E-state index is -0.907. The molecule has 3 atom stereocenters. The van der Waals surface area contributed by atoms with Crippen LogP contribution in [0.15, 0.2) is 42.7 Å². The van der Waals surface area contributed by atoms with Gasteiger partial charge < -0.3 is 15.8 Å². The lowest BCUT2D eigenvalue weighted by Gasteiger charge is -2.57. The Bertz CT molecular complexity index is 761. The average Bonchev–Trinajstić information content (AvgIpc) is 3.16. The lowest BCUT2D eigenvalue weighted by Crippen LogP contribution is -2.75. The minimum absolute atomic E-state index is 0. The molecule has 1 heterocycles. The molecule has 0 aliphatic heterocycles. The summed E-state index contributed by atoms with van der Waals surface area (Å²) in [5.74, 6) is -0.123. The third-order valence-corrected chi connectivity index (χ3v) is 5.74. The molecule has 1 saturated carbocycles. The summed E-state index contributed by atoms with van der Waals surface area (Å²) in [6.45, 7) is 8.56. The van der Waals surface area contributed by atoms with E-state index in [1.165, 1.54) is 0 Å². The quantitative estimate of drug-likeness (QED) is 0.791. The molecule has 148 valence electrons. The van der Waals surface area contributed by atoms with Crippen molar-refractivity contribution in [1.29, 1.82) is 0 Å². The molecule has 27 heavy (non-hydrogen) atoms. The van der Waals surface area contributed by atoms with E-state index in [-0.39, 0.29) is 30.5 Å². The highest BCUT2D eigenvalue weighted by atomic mass is 35.5. The SMILES string of the molecule is CCOC1CC(N)(C(=O)NC(C)c2ccc(-n3cccn3)cc2)C1(C)C.Cl. The van der Waals surface area contributed by atoms with Crippen molar-refractivity contribution in [2.45, 2.75) is 51.8 Å². The van der Waals surface area contributed by atoms with Crippen LogP contribution in [0.1, 0.15) is 45.7 Å². The number of nitrogens with two attached hydrogens (primary N) is 1. The highest BCUT2D eigenvalue weighted by Crippen LogP contribution is 2.50. The number of nitrogens with zero attached hydrogens (tertiary/aromatic N) is 2. The van der Waals surface area contributed by atoms with Crippen LogP contribution < -0.4 is 11.1 Å². The second-order valence-corrected chi connectivity index (χ2v) is 7.58. The Hall–Kier alpha value is -1.89. The van der Waals surface area contributed by atoms with E-state index in [1.54, 1.807) is 10.9 Å². The van der Waals surface area contributed by atoms with Gasteiger partial charge in [-0.3, -0.25) is 4.79 Å². The van der Waals surface area contributed by atoms with Gasteiger partial charge in [-0.1, -0.05) is 26.0 Å². The molecule has 0 spiro atoms. The molecule has 0 saturated heterocycles. The number of ether oxygens (including phenoxy) is 1. The van der Waals surface area contributed by atoms with Crippen LogP contribution in [0.25, 0.3) is 5.69 Å². The Morgan fingerprint density at radius 2 is 2.07 bits per heavy atom. The van der Waals surface area contributed by atoms with Crippen molar-refractivity contribution < 1.29 is 9.53 Å². The van der Waals surface area contributed by atoms with E-state index >= 15 is 0 Å². The molecule has 0 radical (unpaired) electrons. The van der Waals surface area contributed by atoms with Crippen molar-refractivity contribution >= 4 is 18.3 Å². The van der Waals surface area contributed by atoms with Crippen LogP contribution in [0.4, 0.5) is 0 Å². The highest BCUT2D eigenvalue weighted by Gasteiger charge is 2.62. The lowest BCUT2D eigenvalue weighted by molar-refractivity contribution is -0.171. The van der Waals surface area contributed by atoms with Crippen LogP contribution >= 0.6 is 12.4 Å². The summed E-state index contributed by atoms with van der Waals surface area (Å²) in [5, 5.41) is 7.29. The lowest BCUT2D eigenvalue weighted by atomic mass is 9.54. The Labute approximate surface area is 166 Å². The molecule has 1 aliphatic rings. The molecule has 3 unspecified atom stereocenters. The maximum Gasteiger partial charge on any atom is 0.241 e. The number of amides is 1. The molecule has 3 N–H and O–H groups in total. The molecule has 7 heteroatoms. The van der Waals surface area contributed by atoms with Gasteiger partial charge >= 0.3 is 0 Å². The first-order valence-electron chi connectivity index (χ1n) is 9.11. The predicted molar refractivity (Wildman–Crippen MR) is 108 cm³/mol. The predicted octanol–water partition coefficient (Wildman–Crippen LogP) is 3.00. The number of aromatic nitrogens is 2. The maximum absolute atomic E-state index is 12.8. The van der Waals surface area contributed by atoms with Crippen molar-refractivity contribution in [3.63, 3.8) is 0 Å². The van der Waals surface area contributed by atoms with E-state index in [4.69, 9.17) is 10.5 Å². The van der Waals surface area contributed by atoms with Gasteiger partial charge in [0, 0.05) is 30.8 Å². The second-order valence-electron chi connectivity index (χ2n) is 7.58. The van der Waals surface area contributed by atoms with E-state index in [0.717, 1.165) is 11.3 Å². The minimum Gasteiger partial charge on any atom is -0.378 e. The van der Waals surface area contributed by atoms with Crippen LogP contribution in [-0.2, 0) is 9.53 Å². The number of halogens is 1. The fraction of sp³-hybridized carbons (Fsp3) is 0.500. The van der Waals surface area contributed by atoms with Crippen LogP contribution in [0.3, 0.4) is 0 Å². The summed E-state index contributed by atoms with van der Waals surface area (Å²) in [7, 11) is 0. The molecule has 6 nitrogen and oxygen atoms in total. The summed E-state index contributed by atoms with van der Waals surface area (Å²) >= 11 is 0. The van der Waals surface area contributed by atoms with Gasteiger partial charge in [0.1, 0.15) is 5.54 Å². The van der Waals surface area contributed by atoms with E-state index in [2.05, 4.69) is 10.4 Å². The van der Waals surface area contributed by atoms with E-state index in [0.29, 0.717) is 13.0 Å². The van der Waals surface area contributed by atoms with Crippen LogP contribution in [-0.4, -0.2) is 33.9 Å². The largest absolute Gasteiger partial charge is 0.378 e. The summed E-state index contributed by atoms with van der Waals surface area (Å²) in [6, 6.07) is 9.73. The molecule has 1 amide bonds. The summed E-state index contributed by atoms with van der Waals surface area (Å²) in [5.41, 5.74) is 7.16. The van der Waals surface area contributed by atoms with Gasteiger partial charge in [-0.25, -0.2) is 4.68 Å². The van der Waals surface area contributed by atoms with Crippen LogP contribution in [0.5, 0.6) is 0 Å². The summed E-state index contributed by atoms with van der Waals surface area (Å²) < 4.78 is 7.51. The topological polar surface area (TPSA) is 82.2 Å². The number of carbonyl (C=O) groups is 1. The van der Waals surface area contributed by atoms with Gasteiger partial charge in [-0.05, 0) is 37.6 Å². The Morgan fingerprint density at radius 3 is 2.59 bits per heavy atom. The fourth-order valence-electron chi connectivity index (χ4n) is 3.57. The molecule has 1 fully saturated rings. The van der Waals surface area contributed by atoms with E-state index in [9.17, 15) is 4.79 Å². The number of nitrogens with one attached hydrogen (secondary N) is 1. The molecule has 2 aromatic rings. The van der Waals surface area contributed by atoms with E-state index < -0.39 is 11.0 Å². The zero-order valence-corrected chi connectivity index (χ0v) is 17.1. The molecule has 3 rings (SSSR count). The summed E-state index contributed by atoms with van der Waals surface area (Å²) in [4.78, 5) is 12.8. The Morgan fingerprint density at radius 1 is 1.41 bits per heavy atom. The smallest absolute Gasteiger partial charge is 0.241 e. The van der Waals surface area contributed by atoms with Gasteiger partial charge in [0.05, 0.1) is 17.8 Å². The van der Waals surface area contributed by atoms with Gasteiger partial charge in [-0.2, -0.15) is 5.10 Å². The Balaban J connectivity index is 0.00000261. The van der Waals surface area contributed by atoms with Crippen molar-refractivity contribution in [1.82, 2.24) is 15.1 Å². The first-order chi connectivity index (χ1) is 12.3. The molecular formula is C20H29ClN4O2. The monoisotopic (exact) mass is 392 g/mol. The number of benzene rings is 1. The van der Waals surface area contributed by atoms with Gasteiger partial charge in [-0.15, -0.1) is 12.4 Å². The van der Waals surface area contributed by atoms with Crippen LogP contribution in [0.2, 0.25) is 0 Å². The zero-order valence-electron chi connectivity index (χ0n) is 16.3. The highest BCUT2D eigenvalue weighted by molar-refractivity contribution is 5.89. The molecular weight excluding hydrogens is 364 g/mol. The molecule has 1 aromatic carbocycles. The third-order valence-electron chi connectivity index (χ3n) is 5.74. The molecule has 0 bridgehead atoms. The number of rotatable bonds is 6. The first kappa shape index (κ1) is 21.4. The normalized spacial score (nSPS) is 24.4.